The SMILES string of the molecule is COCCOc1cc(C)ccc1NC(=O)c1ccc(-n2nccc2C)cc1. The first-order valence-electron chi connectivity index (χ1n) is 8.73. The third kappa shape index (κ3) is 4.54. The summed E-state index contributed by atoms with van der Waals surface area (Å²) < 4.78 is 12.6. The summed E-state index contributed by atoms with van der Waals surface area (Å²) in [6.07, 6.45) is 1.75. The molecule has 0 spiro atoms. The molecule has 3 aromatic rings. The van der Waals surface area contributed by atoms with Crippen molar-refractivity contribution in [3.63, 3.8) is 0 Å². The summed E-state index contributed by atoms with van der Waals surface area (Å²) in [5.41, 5.74) is 4.19. The van der Waals surface area contributed by atoms with E-state index in [0.29, 0.717) is 30.2 Å². The molecule has 0 unspecified atom stereocenters. The maximum Gasteiger partial charge on any atom is 0.255 e. The topological polar surface area (TPSA) is 65.4 Å². The predicted octanol–water partition coefficient (Wildman–Crippen LogP) is 3.77. The number of carbonyl (C=O) groups excluding carboxylic acids is 1. The maximum atomic E-state index is 12.6. The standard InChI is InChI=1S/C21H23N3O3/c1-15-4-9-19(20(14-15)27-13-12-26-3)23-21(25)17-5-7-18(8-6-17)24-16(2)10-11-22-24/h4-11,14H,12-13H2,1-3H3,(H,23,25). The van der Waals surface area contributed by atoms with Crippen molar-refractivity contribution in [2.75, 3.05) is 25.6 Å². The summed E-state index contributed by atoms with van der Waals surface area (Å²) in [4.78, 5) is 12.6. The molecule has 2 aromatic carbocycles. The second-order valence-electron chi connectivity index (χ2n) is 6.23. The van der Waals surface area contributed by atoms with Crippen LogP contribution < -0.4 is 10.1 Å². The number of hydrogen-bond acceptors (Lipinski definition) is 4. The molecular weight excluding hydrogens is 342 g/mol. The normalized spacial score (nSPS) is 10.6. The van der Waals surface area contributed by atoms with Gasteiger partial charge < -0.3 is 14.8 Å². The Bertz CT molecular complexity index is 917. The van der Waals surface area contributed by atoms with Gasteiger partial charge in [-0.15, -0.1) is 0 Å². The number of rotatable bonds is 7. The number of hydrogen-bond donors (Lipinski definition) is 1. The molecule has 0 aliphatic heterocycles. The third-order valence-corrected chi connectivity index (χ3v) is 4.14. The van der Waals surface area contributed by atoms with Crippen LogP contribution in [0.2, 0.25) is 0 Å². The Balaban J connectivity index is 1.74. The summed E-state index contributed by atoms with van der Waals surface area (Å²) in [5.74, 6) is 0.434. The van der Waals surface area contributed by atoms with E-state index in [1.807, 2.05) is 54.9 Å². The molecule has 6 heteroatoms. The van der Waals surface area contributed by atoms with E-state index in [-0.39, 0.29) is 5.91 Å². The first-order valence-corrected chi connectivity index (χ1v) is 8.73. The molecule has 0 aliphatic carbocycles. The fourth-order valence-electron chi connectivity index (χ4n) is 2.68. The van der Waals surface area contributed by atoms with E-state index >= 15 is 0 Å². The van der Waals surface area contributed by atoms with E-state index in [4.69, 9.17) is 9.47 Å². The molecule has 0 radical (unpaired) electrons. The minimum atomic E-state index is -0.195. The lowest BCUT2D eigenvalue weighted by atomic mass is 10.1. The van der Waals surface area contributed by atoms with Gasteiger partial charge in [-0.2, -0.15) is 5.10 Å². The van der Waals surface area contributed by atoms with Gasteiger partial charge in [-0.3, -0.25) is 4.79 Å². The molecular formula is C21H23N3O3. The zero-order valence-electron chi connectivity index (χ0n) is 15.7. The Labute approximate surface area is 158 Å². The number of aryl methyl sites for hydroxylation is 2. The molecule has 140 valence electrons. The average molecular weight is 365 g/mol. The largest absolute Gasteiger partial charge is 0.489 e. The van der Waals surface area contributed by atoms with Crippen LogP contribution >= 0.6 is 0 Å². The lowest BCUT2D eigenvalue weighted by Gasteiger charge is -2.13. The van der Waals surface area contributed by atoms with Gasteiger partial charge in [0.1, 0.15) is 12.4 Å². The van der Waals surface area contributed by atoms with E-state index in [9.17, 15) is 4.79 Å². The smallest absolute Gasteiger partial charge is 0.255 e. The molecule has 1 heterocycles. The highest BCUT2D eigenvalue weighted by Crippen LogP contribution is 2.26. The fourth-order valence-corrected chi connectivity index (χ4v) is 2.68. The van der Waals surface area contributed by atoms with Crippen molar-refractivity contribution >= 4 is 11.6 Å². The molecule has 0 bridgehead atoms. The molecule has 1 amide bonds. The van der Waals surface area contributed by atoms with Crippen LogP contribution in [0.15, 0.2) is 54.7 Å². The van der Waals surface area contributed by atoms with Crippen molar-refractivity contribution in [1.29, 1.82) is 0 Å². The van der Waals surface area contributed by atoms with Crippen LogP contribution in [0.4, 0.5) is 5.69 Å². The number of nitrogens with zero attached hydrogens (tertiary/aromatic N) is 2. The Hall–Kier alpha value is -3.12. The minimum absolute atomic E-state index is 0.195. The monoisotopic (exact) mass is 365 g/mol. The summed E-state index contributed by atoms with van der Waals surface area (Å²) >= 11 is 0. The molecule has 3 rings (SSSR count). The Morgan fingerprint density at radius 2 is 1.85 bits per heavy atom. The lowest BCUT2D eigenvalue weighted by Crippen LogP contribution is -2.14. The van der Waals surface area contributed by atoms with E-state index in [2.05, 4.69) is 10.4 Å². The van der Waals surface area contributed by atoms with Gasteiger partial charge in [0.05, 0.1) is 18.0 Å². The van der Waals surface area contributed by atoms with Crippen LogP contribution in [-0.4, -0.2) is 36.0 Å². The summed E-state index contributed by atoms with van der Waals surface area (Å²) in [6.45, 7) is 4.86. The molecule has 0 saturated heterocycles. The van der Waals surface area contributed by atoms with E-state index in [1.54, 1.807) is 25.4 Å². The number of methoxy groups -OCH3 is 1. The zero-order chi connectivity index (χ0) is 19.2. The average Bonchev–Trinajstić information content (AvgIpc) is 3.10. The van der Waals surface area contributed by atoms with E-state index < -0.39 is 0 Å². The molecule has 0 fully saturated rings. The van der Waals surface area contributed by atoms with Gasteiger partial charge >= 0.3 is 0 Å². The second-order valence-corrected chi connectivity index (χ2v) is 6.23. The summed E-state index contributed by atoms with van der Waals surface area (Å²) in [5, 5.41) is 7.19. The van der Waals surface area contributed by atoms with Crippen molar-refractivity contribution < 1.29 is 14.3 Å². The van der Waals surface area contributed by atoms with Gasteiger partial charge in [0.2, 0.25) is 0 Å². The lowest BCUT2D eigenvalue weighted by molar-refractivity contribution is 0.102. The van der Waals surface area contributed by atoms with Crippen LogP contribution in [-0.2, 0) is 4.74 Å². The highest BCUT2D eigenvalue weighted by atomic mass is 16.5. The van der Waals surface area contributed by atoms with Crippen LogP contribution in [0.1, 0.15) is 21.6 Å². The zero-order valence-corrected chi connectivity index (χ0v) is 15.7. The molecule has 1 N–H and O–H groups in total. The highest BCUT2D eigenvalue weighted by molar-refractivity contribution is 6.05. The predicted molar refractivity (Wildman–Crippen MR) is 105 cm³/mol. The second kappa shape index (κ2) is 8.51. The van der Waals surface area contributed by atoms with Crippen LogP contribution in [0.25, 0.3) is 5.69 Å². The Morgan fingerprint density at radius 1 is 1.07 bits per heavy atom. The molecule has 1 aromatic heterocycles. The number of aromatic nitrogens is 2. The van der Waals surface area contributed by atoms with Crippen molar-refractivity contribution in [2.24, 2.45) is 0 Å². The van der Waals surface area contributed by atoms with Gasteiger partial charge in [-0.1, -0.05) is 6.07 Å². The highest BCUT2D eigenvalue weighted by Gasteiger charge is 2.11. The fraction of sp³-hybridized carbons (Fsp3) is 0.238. The minimum Gasteiger partial charge on any atom is -0.489 e. The number of amides is 1. The van der Waals surface area contributed by atoms with Crippen molar-refractivity contribution in [3.8, 4) is 11.4 Å². The quantitative estimate of drug-likeness (QED) is 0.648. The number of anilines is 1. The van der Waals surface area contributed by atoms with E-state index in [1.165, 1.54) is 0 Å². The van der Waals surface area contributed by atoms with Gasteiger partial charge in [-0.05, 0) is 61.9 Å². The number of ether oxygens (including phenoxy) is 2. The summed E-state index contributed by atoms with van der Waals surface area (Å²) in [7, 11) is 1.62. The van der Waals surface area contributed by atoms with Gasteiger partial charge in [0, 0.05) is 24.6 Å². The Morgan fingerprint density at radius 3 is 2.52 bits per heavy atom. The van der Waals surface area contributed by atoms with Gasteiger partial charge in [0.25, 0.3) is 5.91 Å². The third-order valence-electron chi connectivity index (χ3n) is 4.14. The number of carbonyl (C=O) groups is 1. The first-order chi connectivity index (χ1) is 13.1. The maximum absolute atomic E-state index is 12.6. The molecule has 0 aliphatic rings. The van der Waals surface area contributed by atoms with Crippen molar-refractivity contribution in [3.05, 3.63) is 71.5 Å². The van der Waals surface area contributed by atoms with Crippen LogP contribution in [0, 0.1) is 13.8 Å². The van der Waals surface area contributed by atoms with Gasteiger partial charge in [0.15, 0.2) is 0 Å². The molecule has 0 atom stereocenters. The van der Waals surface area contributed by atoms with E-state index in [0.717, 1.165) is 16.9 Å². The van der Waals surface area contributed by atoms with Crippen molar-refractivity contribution in [1.82, 2.24) is 9.78 Å². The molecule has 0 saturated carbocycles. The molecule has 27 heavy (non-hydrogen) atoms. The van der Waals surface area contributed by atoms with Crippen LogP contribution in [0.5, 0.6) is 5.75 Å². The van der Waals surface area contributed by atoms with Crippen LogP contribution in [0.3, 0.4) is 0 Å². The first kappa shape index (κ1) is 18.7. The van der Waals surface area contributed by atoms with Crippen molar-refractivity contribution in [2.45, 2.75) is 13.8 Å². The number of nitrogens with one attached hydrogen (secondary N) is 1. The Kier molecular flexibility index (Phi) is 5.88. The van der Waals surface area contributed by atoms with Gasteiger partial charge in [-0.25, -0.2) is 4.68 Å². The number of benzene rings is 2. The summed E-state index contributed by atoms with van der Waals surface area (Å²) in [6, 6.07) is 14.9. The molecule has 6 nitrogen and oxygen atoms in total.